The molecule has 0 amide bonds. The molecule has 0 atom stereocenters. The van der Waals surface area contributed by atoms with Crippen LogP contribution in [-0.2, 0) is 6.54 Å². The largest absolute Gasteiger partial charge is 0.402 e. The van der Waals surface area contributed by atoms with Crippen molar-refractivity contribution in [2.75, 3.05) is 0 Å². The van der Waals surface area contributed by atoms with Crippen molar-refractivity contribution in [3.63, 3.8) is 0 Å². The second-order valence-electron chi connectivity index (χ2n) is 2.96. The Morgan fingerprint density at radius 2 is 2.57 bits per heavy atom. The van der Waals surface area contributed by atoms with E-state index in [0.29, 0.717) is 23.6 Å². The number of hydrogen-bond donors (Lipinski definition) is 2. The SMILES string of the molecule is CC(N)=CC(=N)Cn1cnc(C#N)c1. The maximum absolute atomic E-state index is 8.52. The van der Waals surface area contributed by atoms with Crippen molar-refractivity contribution in [1.82, 2.24) is 9.55 Å². The van der Waals surface area contributed by atoms with Crippen molar-refractivity contribution >= 4 is 5.71 Å². The Morgan fingerprint density at radius 1 is 1.86 bits per heavy atom. The smallest absolute Gasteiger partial charge is 0.158 e. The molecular weight excluding hydrogens is 178 g/mol. The quantitative estimate of drug-likeness (QED) is 0.683. The van der Waals surface area contributed by atoms with E-state index in [-0.39, 0.29) is 0 Å². The van der Waals surface area contributed by atoms with Crippen LogP contribution in [0.1, 0.15) is 12.6 Å². The molecule has 0 aromatic carbocycles. The highest BCUT2D eigenvalue weighted by Gasteiger charge is 1.98. The van der Waals surface area contributed by atoms with Gasteiger partial charge in [-0.05, 0) is 13.0 Å². The molecule has 0 spiro atoms. The number of hydrogen-bond acceptors (Lipinski definition) is 4. The van der Waals surface area contributed by atoms with E-state index in [1.807, 2.05) is 6.07 Å². The molecule has 0 unspecified atom stereocenters. The van der Waals surface area contributed by atoms with E-state index >= 15 is 0 Å². The number of nitriles is 1. The first-order valence-corrected chi connectivity index (χ1v) is 4.05. The average molecular weight is 189 g/mol. The van der Waals surface area contributed by atoms with Crippen LogP contribution in [-0.4, -0.2) is 15.3 Å². The third kappa shape index (κ3) is 2.75. The standard InChI is InChI=1S/C9H11N5/c1-7(11)2-8(12)4-14-5-9(3-10)13-6-14/h2,5-6,12H,4,11H2,1H3. The number of imidazole rings is 1. The van der Waals surface area contributed by atoms with Gasteiger partial charge in [-0.25, -0.2) is 4.98 Å². The fraction of sp³-hybridized carbons (Fsp3) is 0.222. The molecule has 1 aromatic heterocycles. The summed E-state index contributed by atoms with van der Waals surface area (Å²) in [4.78, 5) is 3.82. The van der Waals surface area contributed by atoms with Crippen molar-refractivity contribution in [3.05, 3.63) is 30.0 Å². The third-order valence-corrected chi connectivity index (χ3v) is 1.50. The Morgan fingerprint density at radius 3 is 3.07 bits per heavy atom. The summed E-state index contributed by atoms with van der Waals surface area (Å²) in [6.07, 6.45) is 4.69. The zero-order valence-corrected chi connectivity index (χ0v) is 7.86. The predicted octanol–water partition coefficient (Wildman–Crippen LogP) is 0.637. The van der Waals surface area contributed by atoms with Gasteiger partial charge in [0.1, 0.15) is 6.07 Å². The predicted molar refractivity (Wildman–Crippen MR) is 52.6 cm³/mol. The molecule has 1 heterocycles. The highest BCUT2D eigenvalue weighted by Crippen LogP contribution is 1.95. The maximum Gasteiger partial charge on any atom is 0.158 e. The molecule has 14 heavy (non-hydrogen) atoms. The molecule has 1 aromatic rings. The van der Waals surface area contributed by atoms with Gasteiger partial charge in [0.25, 0.3) is 0 Å². The Kier molecular flexibility index (Phi) is 3.02. The van der Waals surface area contributed by atoms with Crippen LogP contribution in [0.25, 0.3) is 0 Å². The average Bonchev–Trinajstić information content (AvgIpc) is 2.50. The van der Waals surface area contributed by atoms with Crippen LogP contribution < -0.4 is 5.73 Å². The molecule has 0 bridgehead atoms. The molecule has 0 saturated heterocycles. The van der Waals surface area contributed by atoms with Crippen LogP contribution in [0.5, 0.6) is 0 Å². The summed E-state index contributed by atoms with van der Waals surface area (Å²) in [5.74, 6) is 0. The molecular formula is C9H11N5. The fourth-order valence-electron chi connectivity index (χ4n) is 1.02. The van der Waals surface area contributed by atoms with E-state index in [4.69, 9.17) is 16.4 Å². The van der Waals surface area contributed by atoms with E-state index in [9.17, 15) is 0 Å². The lowest BCUT2D eigenvalue weighted by Crippen LogP contribution is -2.06. The first-order valence-electron chi connectivity index (χ1n) is 4.05. The number of nitrogens with two attached hydrogens (primary N) is 1. The Bertz CT molecular complexity index is 403. The van der Waals surface area contributed by atoms with Crippen LogP contribution in [0, 0.1) is 16.7 Å². The van der Waals surface area contributed by atoms with E-state index in [2.05, 4.69) is 4.98 Å². The molecule has 5 heteroatoms. The number of aromatic nitrogens is 2. The van der Waals surface area contributed by atoms with E-state index in [0.717, 1.165) is 0 Å². The van der Waals surface area contributed by atoms with Gasteiger partial charge in [-0.3, -0.25) is 0 Å². The molecule has 1 rings (SSSR count). The highest BCUT2D eigenvalue weighted by molar-refractivity contribution is 5.92. The van der Waals surface area contributed by atoms with Crippen LogP contribution in [0.3, 0.4) is 0 Å². The van der Waals surface area contributed by atoms with Gasteiger partial charge in [-0.2, -0.15) is 5.26 Å². The van der Waals surface area contributed by atoms with Gasteiger partial charge in [0.2, 0.25) is 0 Å². The van der Waals surface area contributed by atoms with E-state index in [1.165, 1.54) is 6.33 Å². The summed E-state index contributed by atoms with van der Waals surface area (Å²) < 4.78 is 1.67. The Balaban J connectivity index is 2.66. The summed E-state index contributed by atoms with van der Waals surface area (Å²) in [5.41, 5.74) is 6.75. The van der Waals surface area contributed by atoms with E-state index in [1.54, 1.807) is 23.8 Å². The summed E-state index contributed by atoms with van der Waals surface area (Å²) >= 11 is 0. The van der Waals surface area contributed by atoms with Crippen molar-refractivity contribution < 1.29 is 0 Å². The Hall–Kier alpha value is -2.09. The van der Waals surface area contributed by atoms with Crippen LogP contribution in [0.15, 0.2) is 24.3 Å². The first-order chi connectivity index (χ1) is 6.61. The normalized spacial score (nSPS) is 11.0. The molecule has 0 saturated carbocycles. The van der Waals surface area contributed by atoms with Gasteiger partial charge in [0.15, 0.2) is 5.69 Å². The van der Waals surface area contributed by atoms with Crippen LogP contribution in [0.2, 0.25) is 0 Å². The zero-order chi connectivity index (χ0) is 10.6. The van der Waals surface area contributed by atoms with E-state index < -0.39 is 0 Å². The highest BCUT2D eigenvalue weighted by atomic mass is 15.0. The topological polar surface area (TPSA) is 91.5 Å². The summed E-state index contributed by atoms with van der Waals surface area (Å²) in [7, 11) is 0. The van der Waals surface area contributed by atoms with Crippen LogP contribution >= 0.6 is 0 Å². The molecule has 0 aliphatic rings. The minimum absolute atomic E-state index is 0.353. The molecule has 0 aliphatic carbocycles. The lowest BCUT2D eigenvalue weighted by atomic mass is 10.3. The van der Waals surface area contributed by atoms with Gasteiger partial charge < -0.3 is 15.7 Å². The summed E-state index contributed by atoms with van der Waals surface area (Å²) in [6.45, 7) is 2.10. The first kappa shape index (κ1) is 9.99. The van der Waals surface area contributed by atoms with Gasteiger partial charge in [-0.15, -0.1) is 0 Å². The molecule has 72 valence electrons. The van der Waals surface area contributed by atoms with Crippen molar-refractivity contribution in [2.24, 2.45) is 5.73 Å². The second kappa shape index (κ2) is 4.23. The monoisotopic (exact) mass is 189 g/mol. The third-order valence-electron chi connectivity index (χ3n) is 1.50. The molecule has 0 fully saturated rings. The molecule has 3 N–H and O–H groups in total. The minimum Gasteiger partial charge on any atom is -0.402 e. The maximum atomic E-state index is 8.52. The van der Waals surface area contributed by atoms with Gasteiger partial charge in [0.05, 0.1) is 18.6 Å². The number of nitrogens with one attached hydrogen (secondary N) is 1. The van der Waals surface area contributed by atoms with Crippen molar-refractivity contribution in [3.8, 4) is 6.07 Å². The summed E-state index contributed by atoms with van der Waals surface area (Å²) in [6, 6.07) is 1.92. The van der Waals surface area contributed by atoms with Gasteiger partial charge >= 0.3 is 0 Å². The molecule has 5 nitrogen and oxygen atoms in total. The Labute approximate surface area is 82.0 Å². The van der Waals surface area contributed by atoms with Crippen LogP contribution in [0.4, 0.5) is 0 Å². The number of nitrogens with zero attached hydrogens (tertiary/aromatic N) is 3. The summed E-state index contributed by atoms with van der Waals surface area (Å²) in [5, 5.41) is 16.1. The number of rotatable bonds is 3. The second-order valence-corrected chi connectivity index (χ2v) is 2.96. The van der Waals surface area contributed by atoms with Gasteiger partial charge in [-0.1, -0.05) is 0 Å². The zero-order valence-electron chi connectivity index (χ0n) is 7.86. The van der Waals surface area contributed by atoms with Crippen molar-refractivity contribution in [1.29, 1.82) is 10.7 Å². The van der Waals surface area contributed by atoms with Gasteiger partial charge in [0, 0.05) is 11.9 Å². The van der Waals surface area contributed by atoms with Crippen molar-refractivity contribution in [2.45, 2.75) is 13.5 Å². The fourth-order valence-corrected chi connectivity index (χ4v) is 1.02. The number of allylic oxidation sites excluding steroid dienone is 2. The minimum atomic E-state index is 0.353. The lowest BCUT2D eigenvalue weighted by Gasteiger charge is -1.99. The lowest BCUT2D eigenvalue weighted by molar-refractivity contribution is 0.848. The molecule has 0 aliphatic heterocycles. The molecule has 0 radical (unpaired) electrons.